The molecule has 0 radical (unpaired) electrons. The summed E-state index contributed by atoms with van der Waals surface area (Å²) < 4.78 is 0. The molecule has 0 spiro atoms. The summed E-state index contributed by atoms with van der Waals surface area (Å²) in [6.45, 7) is 0.674. The Morgan fingerprint density at radius 1 is 1.53 bits per heavy atom. The summed E-state index contributed by atoms with van der Waals surface area (Å²) in [5.41, 5.74) is 1.97. The molecule has 1 atom stereocenters. The highest BCUT2D eigenvalue weighted by Crippen LogP contribution is 2.22. The number of para-hydroxylation sites is 1. The zero-order valence-corrected chi connectivity index (χ0v) is 10.3. The molecule has 0 saturated carbocycles. The normalized spacial score (nSPS) is 19.0. The number of anilines is 1. The number of aliphatic hydroxyl groups excluding tert-OH is 1. The lowest BCUT2D eigenvalue weighted by atomic mass is 10.2. The molecule has 1 aromatic heterocycles. The molecule has 2 amide bonds. The number of benzene rings is 1. The zero-order chi connectivity index (χ0) is 13.2. The molecule has 0 bridgehead atoms. The van der Waals surface area contributed by atoms with Crippen LogP contribution in [0.5, 0.6) is 0 Å². The fourth-order valence-electron chi connectivity index (χ4n) is 2.45. The van der Waals surface area contributed by atoms with Gasteiger partial charge in [0.15, 0.2) is 0 Å². The van der Waals surface area contributed by atoms with E-state index >= 15 is 0 Å². The lowest BCUT2D eigenvalue weighted by Crippen LogP contribution is -2.40. The van der Waals surface area contributed by atoms with Gasteiger partial charge in [0.1, 0.15) is 11.0 Å². The summed E-state index contributed by atoms with van der Waals surface area (Å²) >= 11 is 0. The summed E-state index contributed by atoms with van der Waals surface area (Å²) in [7, 11) is 0. The standard InChI is InChI=1S/C12H15N5O2/c18-7-8-3-2-6-17(8)12(19)13-9-4-1-5-10-11(9)15-16-14-10/h1,4-5,8,18H,2-3,6-7H2,(H,13,19)(H,14,15,16)/t8-/m1/s1. The number of aromatic nitrogens is 3. The summed E-state index contributed by atoms with van der Waals surface area (Å²) in [5, 5.41) is 22.6. The Hall–Kier alpha value is -2.15. The SMILES string of the molecule is O=C(Nc1cccc2n[nH]nc12)N1CCC[C@@H]1CO. The molecule has 1 aliphatic rings. The molecule has 3 N–H and O–H groups in total. The third-order valence-corrected chi connectivity index (χ3v) is 3.44. The van der Waals surface area contributed by atoms with E-state index in [0.717, 1.165) is 12.8 Å². The topological polar surface area (TPSA) is 94.1 Å². The van der Waals surface area contributed by atoms with Gasteiger partial charge < -0.3 is 15.3 Å². The molecule has 0 aliphatic carbocycles. The number of amides is 2. The van der Waals surface area contributed by atoms with Gasteiger partial charge in [-0.2, -0.15) is 15.4 Å². The van der Waals surface area contributed by atoms with E-state index in [4.69, 9.17) is 0 Å². The Morgan fingerprint density at radius 3 is 3.26 bits per heavy atom. The van der Waals surface area contributed by atoms with E-state index in [9.17, 15) is 9.90 Å². The molecule has 7 heteroatoms. The molecule has 1 aliphatic heterocycles. The maximum Gasteiger partial charge on any atom is 0.322 e. The van der Waals surface area contributed by atoms with Crippen molar-refractivity contribution in [3.05, 3.63) is 18.2 Å². The van der Waals surface area contributed by atoms with Crippen molar-refractivity contribution in [2.24, 2.45) is 0 Å². The molecule has 100 valence electrons. The Bertz CT molecular complexity index is 597. The van der Waals surface area contributed by atoms with Crippen LogP contribution in [-0.2, 0) is 0 Å². The van der Waals surface area contributed by atoms with Crippen LogP contribution in [0.15, 0.2) is 18.2 Å². The molecule has 0 unspecified atom stereocenters. The molecular weight excluding hydrogens is 246 g/mol. The number of aliphatic hydroxyl groups is 1. The molecular formula is C12H15N5O2. The number of hydrogen-bond acceptors (Lipinski definition) is 4. The quantitative estimate of drug-likeness (QED) is 0.750. The van der Waals surface area contributed by atoms with Gasteiger partial charge in [-0.05, 0) is 25.0 Å². The van der Waals surface area contributed by atoms with E-state index < -0.39 is 0 Å². The van der Waals surface area contributed by atoms with E-state index in [1.54, 1.807) is 11.0 Å². The average molecular weight is 261 g/mol. The highest BCUT2D eigenvalue weighted by Gasteiger charge is 2.28. The average Bonchev–Trinajstić information content (AvgIpc) is 3.07. The molecule has 1 aromatic carbocycles. The Morgan fingerprint density at radius 2 is 2.42 bits per heavy atom. The monoisotopic (exact) mass is 261 g/mol. The van der Waals surface area contributed by atoms with Gasteiger partial charge >= 0.3 is 6.03 Å². The van der Waals surface area contributed by atoms with Crippen molar-refractivity contribution < 1.29 is 9.90 Å². The van der Waals surface area contributed by atoms with Crippen molar-refractivity contribution in [1.29, 1.82) is 0 Å². The zero-order valence-electron chi connectivity index (χ0n) is 10.3. The van der Waals surface area contributed by atoms with Gasteiger partial charge in [0.05, 0.1) is 18.3 Å². The molecule has 7 nitrogen and oxygen atoms in total. The first kappa shape index (κ1) is 11.9. The summed E-state index contributed by atoms with van der Waals surface area (Å²) in [4.78, 5) is 13.9. The van der Waals surface area contributed by atoms with Crippen molar-refractivity contribution in [2.45, 2.75) is 18.9 Å². The third-order valence-electron chi connectivity index (χ3n) is 3.44. The number of H-pyrrole nitrogens is 1. The lowest BCUT2D eigenvalue weighted by molar-refractivity contribution is 0.166. The number of rotatable bonds is 2. The second-order valence-electron chi connectivity index (χ2n) is 4.60. The smallest absolute Gasteiger partial charge is 0.322 e. The predicted octanol–water partition coefficient (Wildman–Crippen LogP) is 0.946. The number of nitrogens with zero attached hydrogens (tertiary/aromatic N) is 3. The molecule has 2 heterocycles. The first-order valence-corrected chi connectivity index (χ1v) is 6.27. The van der Waals surface area contributed by atoms with Gasteiger partial charge in [-0.25, -0.2) is 4.79 Å². The molecule has 1 fully saturated rings. The van der Waals surface area contributed by atoms with Crippen molar-refractivity contribution in [2.75, 3.05) is 18.5 Å². The number of likely N-dealkylation sites (tertiary alicyclic amines) is 1. The van der Waals surface area contributed by atoms with Crippen LogP contribution in [0.1, 0.15) is 12.8 Å². The largest absolute Gasteiger partial charge is 0.394 e. The van der Waals surface area contributed by atoms with Crippen LogP contribution >= 0.6 is 0 Å². The van der Waals surface area contributed by atoms with E-state index in [-0.39, 0.29) is 18.7 Å². The minimum absolute atomic E-state index is 0.00157. The molecule has 1 saturated heterocycles. The Kier molecular flexibility index (Phi) is 3.04. The van der Waals surface area contributed by atoms with Gasteiger partial charge in [-0.1, -0.05) is 6.07 Å². The van der Waals surface area contributed by atoms with Crippen LogP contribution in [0.2, 0.25) is 0 Å². The second kappa shape index (κ2) is 4.85. The number of hydrogen-bond donors (Lipinski definition) is 3. The number of carbonyl (C=O) groups excluding carboxylic acids is 1. The van der Waals surface area contributed by atoms with Crippen LogP contribution in [0, 0.1) is 0 Å². The fraction of sp³-hybridized carbons (Fsp3) is 0.417. The number of aromatic amines is 1. The molecule has 19 heavy (non-hydrogen) atoms. The van der Waals surface area contributed by atoms with E-state index in [2.05, 4.69) is 20.7 Å². The van der Waals surface area contributed by atoms with Crippen LogP contribution < -0.4 is 5.32 Å². The molecule has 3 rings (SSSR count). The Balaban J connectivity index is 1.81. The number of nitrogens with one attached hydrogen (secondary N) is 2. The minimum Gasteiger partial charge on any atom is -0.394 e. The number of urea groups is 1. The highest BCUT2D eigenvalue weighted by atomic mass is 16.3. The first-order valence-electron chi connectivity index (χ1n) is 6.27. The number of fused-ring (bicyclic) bond motifs is 1. The summed E-state index contributed by atoms with van der Waals surface area (Å²) in [5.74, 6) is 0. The summed E-state index contributed by atoms with van der Waals surface area (Å²) in [6.07, 6.45) is 1.77. The maximum atomic E-state index is 12.2. The molecule has 2 aromatic rings. The van der Waals surface area contributed by atoms with E-state index in [1.165, 1.54) is 0 Å². The van der Waals surface area contributed by atoms with Gasteiger partial charge in [0.25, 0.3) is 0 Å². The Labute approximate surface area is 109 Å². The van der Waals surface area contributed by atoms with E-state index in [1.807, 2.05) is 12.1 Å². The predicted molar refractivity (Wildman–Crippen MR) is 69.7 cm³/mol. The third kappa shape index (κ3) is 2.12. The second-order valence-corrected chi connectivity index (χ2v) is 4.60. The van der Waals surface area contributed by atoms with Crippen molar-refractivity contribution in [3.8, 4) is 0 Å². The van der Waals surface area contributed by atoms with Gasteiger partial charge in [0.2, 0.25) is 0 Å². The van der Waals surface area contributed by atoms with E-state index in [0.29, 0.717) is 23.3 Å². The van der Waals surface area contributed by atoms with Crippen LogP contribution in [0.4, 0.5) is 10.5 Å². The van der Waals surface area contributed by atoms with Crippen LogP contribution in [0.3, 0.4) is 0 Å². The number of carbonyl (C=O) groups is 1. The summed E-state index contributed by atoms with van der Waals surface area (Å²) in [6, 6.07) is 5.13. The van der Waals surface area contributed by atoms with Gasteiger partial charge in [-0.15, -0.1) is 0 Å². The van der Waals surface area contributed by atoms with Crippen LogP contribution in [-0.4, -0.2) is 50.6 Å². The van der Waals surface area contributed by atoms with Crippen LogP contribution in [0.25, 0.3) is 11.0 Å². The van der Waals surface area contributed by atoms with Crippen molar-refractivity contribution in [3.63, 3.8) is 0 Å². The van der Waals surface area contributed by atoms with Crippen molar-refractivity contribution in [1.82, 2.24) is 20.3 Å². The highest BCUT2D eigenvalue weighted by molar-refractivity contribution is 5.98. The fourth-order valence-corrected chi connectivity index (χ4v) is 2.45. The maximum absolute atomic E-state index is 12.2. The first-order chi connectivity index (χ1) is 9.29. The minimum atomic E-state index is -0.202. The lowest BCUT2D eigenvalue weighted by Gasteiger charge is -2.23. The van der Waals surface area contributed by atoms with Crippen molar-refractivity contribution >= 4 is 22.8 Å². The van der Waals surface area contributed by atoms with Gasteiger partial charge in [0, 0.05) is 6.54 Å². The van der Waals surface area contributed by atoms with Gasteiger partial charge in [-0.3, -0.25) is 0 Å².